The zero-order chi connectivity index (χ0) is 14.0. The number of aromatic nitrogens is 4. The number of esters is 1. The minimum atomic E-state index is -0.725. The Labute approximate surface area is 106 Å². The van der Waals surface area contributed by atoms with E-state index in [1.807, 2.05) is 0 Å². The van der Waals surface area contributed by atoms with E-state index < -0.39 is 10.9 Å². The molecule has 0 bridgehead atoms. The van der Waals surface area contributed by atoms with Gasteiger partial charge < -0.3 is 10.5 Å². The van der Waals surface area contributed by atoms with Crippen LogP contribution < -0.4 is 5.73 Å². The van der Waals surface area contributed by atoms with Crippen LogP contribution in [0.25, 0.3) is 5.82 Å². The molecule has 0 unspecified atom stereocenters. The van der Waals surface area contributed by atoms with Crippen molar-refractivity contribution in [2.45, 2.75) is 0 Å². The van der Waals surface area contributed by atoms with Gasteiger partial charge in [0, 0.05) is 0 Å². The molecule has 0 atom stereocenters. The van der Waals surface area contributed by atoms with E-state index in [1.54, 1.807) is 0 Å². The maximum Gasteiger partial charge on any atom is 0.377 e. The predicted octanol–water partition coefficient (Wildman–Crippen LogP) is -0.0607. The van der Waals surface area contributed by atoms with Crippen molar-refractivity contribution in [2.24, 2.45) is 0 Å². The average Bonchev–Trinajstić information content (AvgIpc) is 2.86. The number of nitrogens with two attached hydrogens (primary N) is 1. The average molecular weight is 264 g/mol. The van der Waals surface area contributed by atoms with Gasteiger partial charge in [-0.1, -0.05) is 0 Å². The van der Waals surface area contributed by atoms with E-state index in [1.165, 1.54) is 13.4 Å². The second-order valence-electron chi connectivity index (χ2n) is 3.37. The number of hydrogen-bond donors (Lipinski definition) is 1. The van der Waals surface area contributed by atoms with Crippen LogP contribution in [0.2, 0.25) is 0 Å². The molecule has 0 amide bonds. The van der Waals surface area contributed by atoms with Gasteiger partial charge in [0.1, 0.15) is 12.1 Å². The number of carbonyl (C=O) groups is 1. The Hall–Kier alpha value is -3.04. The third kappa shape index (κ3) is 2.46. The summed E-state index contributed by atoms with van der Waals surface area (Å²) in [5.74, 6) is -0.875. The van der Waals surface area contributed by atoms with Crippen molar-refractivity contribution in [3.05, 3.63) is 34.4 Å². The van der Waals surface area contributed by atoms with Crippen molar-refractivity contribution < 1.29 is 14.5 Å². The first-order valence-electron chi connectivity index (χ1n) is 4.93. The van der Waals surface area contributed by atoms with Crippen LogP contribution in [0, 0.1) is 10.1 Å². The van der Waals surface area contributed by atoms with Gasteiger partial charge in [-0.15, -0.1) is 5.10 Å². The SMILES string of the molecule is COC(=O)c1ncn(-c2cc([N+](=O)[O-])cc(N)n2)n1. The van der Waals surface area contributed by atoms with Gasteiger partial charge in [-0.2, -0.15) is 0 Å². The number of nitro groups is 1. The van der Waals surface area contributed by atoms with Gasteiger partial charge in [0.05, 0.1) is 24.2 Å². The lowest BCUT2D eigenvalue weighted by molar-refractivity contribution is -0.384. The molecule has 0 aliphatic rings. The van der Waals surface area contributed by atoms with Crippen molar-refractivity contribution in [3.63, 3.8) is 0 Å². The molecule has 2 aromatic heterocycles. The van der Waals surface area contributed by atoms with Crippen molar-refractivity contribution in [2.75, 3.05) is 12.8 Å². The molecule has 0 spiro atoms. The molecule has 10 heteroatoms. The molecule has 2 N–H and O–H groups in total. The molecule has 2 rings (SSSR count). The lowest BCUT2D eigenvalue weighted by Gasteiger charge is -2.00. The highest BCUT2D eigenvalue weighted by Gasteiger charge is 2.15. The number of anilines is 1. The molecule has 98 valence electrons. The van der Waals surface area contributed by atoms with E-state index in [0.29, 0.717) is 0 Å². The van der Waals surface area contributed by atoms with Crippen LogP contribution in [0.5, 0.6) is 0 Å². The van der Waals surface area contributed by atoms with Gasteiger partial charge in [0.15, 0.2) is 5.82 Å². The van der Waals surface area contributed by atoms with Crippen molar-refractivity contribution >= 4 is 17.5 Å². The molecule has 0 aliphatic carbocycles. The fourth-order valence-corrected chi connectivity index (χ4v) is 1.30. The molecule has 2 heterocycles. The van der Waals surface area contributed by atoms with Gasteiger partial charge in [0.25, 0.3) is 11.5 Å². The van der Waals surface area contributed by atoms with Gasteiger partial charge in [-0.25, -0.2) is 19.4 Å². The van der Waals surface area contributed by atoms with E-state index in [0.717, 1.165) is 16.8 Å². The first kappa shape index (κ1) is 12.4. The maximum atomic E-state index is 11.2. The largest absolute Gasteiger partial charge is 0.463 e. The van der Waals surface area contributed by atoms with E-state index in [4.69, 9.17) is 5.73 Å². The summed E-state index contributed by atoms with van der Waals surface area (Å²) >= 11 is 0. The molecule has 0 saturated heterocycles. The monoisotopic (exact) mass is 264 g/mol. The molecule has 2 aromatic rings. The molecule has 0 aromatic carbocycles. The number of carbonyl (C=O) groups excluding carboxylic acids is 1. The molecular weight excluding hydrogens is 256 g/mol. The van der Waals surface area contributed by atoms with Crippen molar-refractivity contribution in [3.8, 4) is 5.82 Å². The van der Waals surface area contributed by atoms with E-state index in [9.17, 15) is 14.9 Å². The number of rotatable bonds is 3. The lowest BCUT2D eigenvalue weighted by Crippen LogP contribution is -2.07. The number of nitrogens with zero attached hydrogens (tertiary/aromatic N) is 5. The number of methoxy groups -OCH3 is 1. The van der Waals surface area contributed by atoms with Crippen LogP contribution >= 0.6 is 0 Å². The minimum Gasteiger partial charge on any atom is -0.463 e. The summed E-state index contributed by atoms with van der Waals surface area (Å²) in [6.45, 7) is 0. The predicted molar refractivity (Wildman–Crippen MR) is 61.6 cm³/mol. The number of pyridine rings is 1. The zero-order valence-corrected chi connectivity index (χ0v) is 9.68. The topological polar surface area (TPSA) is 139 Å². The van der Waals surface area contributed by atoms with E-state index in [2.05, 4.69) is 19.8 Å². The highest BCUT2D eigenvalue weighted by molar-refractivity contribution is 5.84. The molecule has 10 nitrogen and oxygen atoms in total. The van der Waals surface area contributed by atoms with Gasteiger partial charge in [-0.3, -0.25) is 10.1 Å². The Morgan fingerprint density at radius 1 is 1.53 bits per heavy atom. The standard InChI is InChI=1S/C9H8N6O4/c1-19-9(16)8-11-4-14(13-8)7-3-5(15(17)18)2-6(10)12-7/h2-4H,1H3,(H2,10,12). The third-order valence-corrected chi connectivity index (χ3v) is 2.12. The van der Waals surface area contributed by atoms with Crippen LogP contribution in [-0.4, -0.2) is 37.8 Å². The number of nitrogen functional groups attached to an aromatic ring is 1. The van der Waals surface area contributed by atoms with Crippen LogP contribution in [0.15, 0.2) is 18.5 Å². The Balaban J connectivity index is 2.44. The summed E-state index contributed by atoms with van der Waals surface area (Å²) in [7, 11) is 1.19. The Bertz CT molecular complexity index is 652. The quantitative estimate of drug-likeness (QED) is 0.462. The van der Waals surface area contributed by atoms with Crippen molar-refractivity contribution in [1.29, 1.82) is 0 Å². The molecule has 0 aliphatic heterocycles. The van der Waals surface area contributed by atoms with Crippen LogP contribution in [0.3, 0.4) is 0 Å². The molecule has 19 heavy (non-hydrogen) atoms. The molecular formula is C9H8N6O4. The third-order valence-electron chi connectivity index (χ3n) is 2.12. The number of hydrogen-bond acceptors (Lipinski definition) is 8. The summed E-state index contributed by atoms with van der Waals surface area (Å²) in [6.07, 6.45) is 1.18. The van der Waals surface area contributed by atoms with Gasteiger partial charge >= 0.3 is 5.97 Å². The van der Waals surface area contributed by atoms with Crippen LogP contribution in [-0.2, 0) is 4.74 Å². The molecule has 0 fully saturated rings. The smallest absolute Gasteiger partial charge is 0.377 e. The first-order chi connectivity index (χ1) is 9.01. The van der Waals surface area contributed by atoms with E-state index in [-0.39, 0.29) is 23.1 Å². The highest BCUT2D eigenvalue weighted by Crippen LogP contribution is 2.17. The summed E-state index contributed by atoms with van der Waals surface area (Å²) in [6, 6.07) is 2.27. The summed E-state index contributed by atoms with van der Waals surface area (Å²) in [5.41, 5.74) is 5.22. The van der Waals surface area contributed by atoms with Gasteiger partial charge in [-0.05, 0) is 0 Å². The number of ether oxygens (including phenoxy) is 1. The summed E-state index contributed by atoms with van der Waals surface area (Å²) in [5, 5.41) is 14.5. The Morgan fingerprint density at radius 2 is 2.26 bits per heavy atom. The molecule has 0 radical (unpaired) electrons. The first-order valence-corrected chi connectivity index (χ1v) is 4.93. The maximum absolute atomic E-state index is 11.2. The fourth-order valence-electron chi connectivity index (χ4n) is 1.30. The Morgan fingerprint density at radius 3 is 2.89 bits per heavy atom. The summed E-state index contributed by atoms with van der Waals surface area (Å²) < 4.78 is 5.53. The highest BCUT2D eigenvalue weighted by atomic mass is 16.6. The second-order valence-corrected chi connectivity index (χ2v) is 3.37. The van der Waals surface area contributed by atoms with Crippen LogP contribution in [0.4, 0.5) is 11.5 Å². The van der Waals surface area contributed by atoms with E-state index >= 15 is 0 Å². The van der Waals surface area contributed by atoms with Crippen molar-refractivity contribution in [1.82, 2.24) is 19.7 Å². The zero-order valence-electron chi connectivity index (χ0n) is 9.68. The fraction of sp³-hybridized carbons (Fsp3) is 0.111. The minimum absolute atomic E-state index is 0.0423. The van der Waals surface area contributed by atoms with Gasteiger partial charge in [0.2, 0.25) is 0 Å². The normalized spacial score (nSPS) is 10.2. The second kappa shape index (κ2) is 4.68. The lowest BCUT2D eigenvalue weighted by atomic mass is 10.4. The molecule has 0 saturated carbocycles. The summed E-state index contributed by atoms with van der Waals surface area (Å²) in [4.78, 5) is 28.8. The Kier molecular flexibility index (Phi) is 3.06. The van der Waals surface area contributed by atoms with Crippen LogP contribution in [0.1, 0.15) is 10.6 Å².